The third-order valence-electron chi connectivity index (χ3n) is 3.92. The first kappa shape index (κ1) is 13.1. The number of hydrogen-bond acceptors (Lipinski definition) is 3. The zero-order valence-electron chi connectivity index (χ0n) is 10.6. The number of hydrogen-bond donors (Lipinski definition) is 1. The minimum absolute atomic E-state index is 0.256. The van der Waals surface area contributed by atoms with E-state index in [0.717, 1.165) is 36.2 Å². The van der Waals surface area contributed by atoms with Crippen molar-refractivity contribution in [3.63, 3.8) is 0 Å². The van der Waals surface area contributed by atoms with E-state index in [0.29, 0.717) is 0 Å². The maximum absolute atomic E-state index is 11.2. The number of likely N-dealkylation sites (N-methyl/N-ethyl adjacent to an activating group) is 1. The van der Waals surface area contributed by atoms with Gasteiger partial charge in [0.05, 0.1) is 10.4 Å². The van der Waals surface area contributed by atoms with Crippen LogP contribution in [0, 0.1) is 4.91 Å². The van der Waals surface area contributed by atoms with E-state index in [9.17, 15) is 4.91 Å². The van der Waals surface area contributed by atoms with Gasteiger partial charge < -0.3 is 5.32 Å². The molecule has 0 heterocycles. The lowest BCUT2D eigenvalue weighted by Gasteiger charge is -2.41. The van der Waals surface area contributed by atoms with E-state index >= 15 is 0 Å². The lowest BCUT2D eigenvalue weighted by molar-refractivity contribution is 0.325. The number of nitrogens with zero attached hydrogens (tertiary/aromatic N) is 1. The van der Waals surface area contributed by atoms with Crippen molar-refractivity contribution in [2.45, 2.75) is 37.1 Å². The van der Waals surface area contributed by atoms with Crippen molar-refractivity contribution >= 4 is 17.2 Å². The fourth-order valence-electron chi connectivity index (χ4n) is 2.99. The third-order valence-corrected chi connectivity index (χ3v) is 4.48. The van der Waals surface area contributed by atoms with Crippen LogP contribution in [0.5, 0.6) is 0 Å². The number of nitroso groups, excluding NO2 is 1. The molecule has 18 heavy (non-hydrogen) atoms. The Labute approximate surface area is 113 Å². The number of benzene rings is 1. The Kier molecular flexibility index (Phi) is 4.07. The molecule has 2 unspecified atom stereocenters. The highest BCUT2D eigenvalue weighted by Crippen LogP contribution is 2.42. The molecule has 1 aromatic carbocycles. The number of nitrogens with one attached hydrogen (secondary N) is 1. The summed E-state index contributed by atoms with van der Waals surface area (Å²) in [6.45, 7) is 0. The molecular formula is C14H18N2OS. The Balaban J connectivity index is 2.52. The SMILES string of the molecule is CNC(=S)C1(c2ccccc2)CCCCC1N=O. The van der Waals surface area contributed by atoms with E-state index in [1.165, 1.54) is 0 Å². The molecule has 4 heteroatoms. The Morgan fingerprint density at radius 1 is 1.39 bits per heavy atom. The average molecular weight is 262 g/mol. The molecule has 0 bridgehead atoms. The Morgan fingerprint density at radius 2 is 2.11 bits per heavy atom. The fourth-order valence-corrected chi connectivity index (χ4v) is 3.34. The van der Waals surface area contributed by atoms with Crippen LogP contribution in [0.3, 0.4) is 0 Å². The Bertz CT molecular complexity index is 435. The summed E-state index contributed by atoms with van der Waals surface area (Å²) in [5.74, 6) is 0. The molecule has 1 aromatic rings. The maximum Gasteiger partial charge on any atom is 0.108 e. The molecule has 1 saturated carbocycles. The van der Waals surface area contributed by atoms with Gasteiger partial charge in [-0.3, -0.25) is 0 Å². The van der Waals surface area contributed by atoms with Gasteiger partial charge in [-0.2, -0.15) is 4.91 Å². The molecule has 0 spiro atoms. The third kappa shape index (κ3) is 2.05. The molecule has 1 N–H and O–H groups in total. The van der Waals surface area contributed by atoms with Gasteiger partial charge in [0.1, 0.15) is 6.04 Å². The van der Waals surface area contributed by atoms with Gasteiger partial charge in [0, 0.05) is 7.05 Å². The van der Waals surface area contributed by atoms with Gasteiger partial charge in [0.25, 0.3) is 0 Å². The van der Waals surface area contributed by atoms with Crippen LogP contribution >= 0.6 is 12.2 Å². The van der Waals surface area contributed by atoms with Crippen LogP contribution < -0.4 is 5.32 Å². The highest BCUT2D eigenvalue weighted by molar-refractivity contribution is 7.80. The van der Waals surface area contributed by atoms with E-state index in [1.54, 1.807) is 0 Å². The highest BCUT2D eigenvalue weighted by atomic mass is 32.1. The summed E-state index contributed by atoms with van der Waals surface area (Å²) in [6, 6.07) is 9.80. The summed E-state index contributed by atoms with van der Waals surface area (Å²) in [7, 11) is 1.82. The summed E-state index contributed by atoms with van der Waals surface area (Å²) in [4.78, 5) is 12.0. The standard InChI is InChI=1S/C14H18N2OS/c1-15-13(18)14(11-7-3-2-4-8-11)10-6-5-9-12(14)16-17/h2-4,7-8,12H,5-6,9-10H2,1H3,(H,15,18). The van der Waals surface area contributed by atoms with Crippen molar-refractivity contribution in [2.24, 2.45) is 5.18 Å². The normalized spacial score (nSPS) is 27.5. The van der Waals surface area contributed by atoms with Crippen molar-refractivity contribution in [3.8, 4) is 0 Å². The van der Waals surface area contributed by atoms with Crippen LogP contribution in [0.15, 0.2) is 35.5 Å². The van der Waals surface area contributed by atoms with Crippen LogP contribution in [0.1, 0.15) is 31.2 Å². The lowest BCUT2D eigenvalue weighted by Crippen LogP contribution is -2.51. The maximum atomic E-state index is 11.2. The van der Waals surface area contributed by atoms with Crippen LogP contribution in [0.2, 0.25) is 0 Å². The fraction of sp³-hybridized carbons (Fsp3) is 0.500. The van der Waals surface area contributed by atoms with Crippen LogP contribution in [-0.2, 0) is 5.41 Å². The van der Waals surface area contributed by atoms with Crippen molar-refractivity contribution in [1.82, 2.24) is 5.32 Å². The van der Waals surface area contributed by atoms with Crippen molar-refractivity contribution in [1.29, 1.82) is 0 Å². The predicted octanol–water partition coefficient (Wildman–Crippen LogP) is 3.18. The first-order valence-electron chi connectivity index (χ1n) is 6.36. The van der Waals surface area contributed by atoms with Crippen LogP contribution in [0.25, 0.3) is 0 Å². The summed E-state index contributed by atoms with van der Waals surface area (Å²) in [5, 5.41) is 6.44. The zero-order valence-corrected chi connectivity index (χ0v) is 11.4. The minimum Gasteiger partial charge on any atom is -0.382 e. The molecule has 0 aromatic heterocycles. The van der Waals surface area contributed by atoms with Crippen molar-refractivity contribution in [2.75, 3.05) is 7.05 Å². The van der Waals surface area contributed by atoms with E-state index < -0.39 is 5.41 Å². The zero-order chi connectivity index (χ0) is 13.0. The topological polar surface area (TPSA) is 41.5 Å². The van der Waals surface area contributed by atoms with Gasteiger partial charge >= 0.3 is 0 Å². The molecule has 1 fully saturated rings. The smallest absolute Gasteiger partial charge is 0.108 e. The average Bonchev–Trinajstić information content (AvgIpc) is 2.47. The highest BCUT2D eigenvalue weighted by Gasteiger charge is 2.46. The van der Waals surface area contributed by atoms with E-state index in [-0.39, 0.29) is 6.04 Å². The number of rotatable bonds is 3. The summed E-state index contributed by atoms with van der Waals surface area (Å²) < 4.78 is 0. The van der Waals surface area contributed by atoms with E-state index in [2.05, 4.69) is 10.5 Å². The molecule has 1 aliphatic carbocycles. The van der Waals surface area contributed by atoms with Gasteiger partial charge in [-0.05, 0) is 18.4 Å². The van der Waals surface area contributed by atoms with Crippen molar-refractivity contribution < 1.29 is 0 Å². The second kappa shape index (κ2) is 5.57. The molecular weight excluding hydrogens is 244 g/mol. The first-order chi connectivity index (χ1) is 8.75. The van der Waals surface area contributed by atoms with Gasteiger partial charge in [0.15, 0.2) is 0 Å². The molecule has 0 radical (unpaired) electrons. The van der Waals surface area contributed by atoms with Gasteiger partial charge in [-0.25, -0.2) is 0 Å². The number of thiocarbonyl (C=S) groups is 1. The van der Waals surface area contributed by atoms with E-state index in [4.69, 9.17) is 12.2 Å². The van der Waals surface area contributed by atoms with Crippen molar-refractivity contribution in [3.05, 3.63) is 40.8 Å². The summed E-state index contributed by atoms with van der Waals surface area (Å²) >= 11 is 5.50. The molecule has 2 rings (SSSR count). The van der Waals surface area contributed by atoms with Gasteiger partial charge in [-0.1, -0.05) is 60.6 Å². The monoisotopic (exact) mass is 262 g/mol. The molecule has 0 amide bonds. The summed E-state index contributed by atoms with van der Waals surface area (Å²) in [5.41, 5.74) is 0.694. The largest absolute Gasteiger partial charge is 0.382 e. The van der Waals surface area contributed by atoms with Gasteiger partial charge in [-0.15, -0.1) is 0 Å². The second-order valence-corrected chi connectivity index (χ2v) is 5.19. The molecule has 96 valence electrons. The lowest BCUT2D eigenvalue weighted by atomic mass is 9.66. The molecule has 0 saturated heterocycles. The first-order valence-corrected chi connectivity index (χ1v) is 6.76. The van der Waals surface area contributed by atoms with Crippen LogP contribution in [0.4, 0.5) is 0 Å². The predicted molar refractivity (Wildman–Crippen MR) is 77.8 cm³/mol. The summed E-state index contributed by atoms with van der Waals surface area (Å²) in [6.07, 6.45) is 3.85. The van der Waals surface area contributed by atoms with Gasteiger partial charge in [0.2, 0.25) is 0 Å². The quantitative estimate of drug-likeness (QED) is 0.672. The van der Waals surface area contributed by atoms with Crippen LogP contribution in [-0.4, -0.2) is 18.1 Å². The van der Waals surface area contributed by atoms with E-state index in [1.807, 2.05) is 37.4 Å². The second-order valence-electron chi connectivity index (χ2n) is 4.78. The molecule has 0 aliphatic heterocycles. The molecule has 1 aliphatic rings. The Morgan fingerprint density at radius 3 is 2.72 bits per heavy atom. The molecule has 3 nitrogen and oxygen atoms in total. The molecule has 2 atom stereocenters. The minimum atomic E-state index is -0.411. The Hall–Kier alpha value is -1.29.